The molecular formula is C23H20ClN5O3S. The van der Waals surface area contributed by atoms with Crippen LogP contribution in [-0.4, -0.2) is 46.0 Å². The van der Waals surface area contributed by atoms with Gasteiger partial charge in [0.15, 0.2) is 0 Å². The number of thiophene rings is 1. The molecular weight excluding hydrogens is 462 g/mol. The van der Waals surface area contributed by atoms with Gasteiger partial charge in [-0.05, 0) is 12.1 Å². The van der Waals surface area contributed by atoms with Gasteiger partial charge in [0, 0.05) is 53.8 Å². The summed E-state index contributed by atoms with van der Waals surface area (Å²) < 4.78 is 0. The molecule has 0 amide bonds. The number of halogens is 1. The first-order valence-electron chi connectivity index (χ1n) is 10.5. The van der Waals surface area contributed by atoms with Crippen molar-refractivity contribution in [2.75, 3.05) is 31.1 Å². The van der Waals surface area contributed by atoms with Crippen molar-refractivity contribution in [2.45, 2.75) is 6.54 Å². The Labute approximate surface area is 198 Å². The van der Waals surface area contributed by atoms with E-state index in [0.717, 1.165) is 11.1 Å². The van der Waals surface area contributed by atoms with Crippen molar-refractivity contribution in [1.29, 1.82) is 0 Å². The third kappa shape index (κ3) is 4.22. The van der Waals surface area contributed by atoms with E-state index in [1.807, 2.05) is 34.5 Å². The maximum Gasteiger partial charge on any atom is 0.292 e. The topological polar surface area (TPSA) is 95.4 Å². The predicted molar refractivity (Wildman–Crippen MR) is 131 cm³/mol. The standard InChI is InChI=1S/C23H20ClN5O3S/c24-17-6-2-1-5-15(17)16-14-33-23-21(16)22(30)25-20(26-23)13-27-9-11-28(12-10-27)18-7-3-4-8-19(18)29(31)32/h1-8,14H,9-13H2,(H,25,26,30). The number of benzene rings is 2. The highest BCUT2D eigenvalue weighted by atomic mass is 35.5. The number of nitro benzene ring substituents is 1. The average molecular weight is 482 g/mol. The number of para-hydroxylation sites is 2. The second-order valence-corrected chi connectivity index (χ2v) is 9.10. The van der Waals surface area contributed by atoms with E-state index < -0.39 is 0 Å². The lowest BCUT2D eigenvalue weighted by atomic mass is 10.1. The molecule has 0 saturated carbocycles. The van der Waals surface area contributed by atoms with Gasteiger partial charge in [0.05, 0.1) is 16.9 Å². The molecule has 4 aromatic rings. The third-order valence-corrected chi connectivity index (χ3v) is 7.02. The summed E-state index contributed by atoms with van der Waals surface area (Å²) in [6, 6.07) is 14.3. The van der Waals surface area contributed by atoms with E-state index >= 15 is 0 Å². The van der Waals surface area contributed by atoms with E-state index in [4.69, 9.17) is 16.6 Å². The SMILES string of the molecule is O=c1[nH]c(CN2CCN(c3ccccc3[N+](=O)[O-])CC2)nc2scc(-c3ccccc3Cl)c12. The van der Waals surface area contributed by atoms with Crippen LogP contribution in [0.1, 0.15) is 5.82 Å². The van der Waals surface area contributed by atoms with E-state index in [2.05, 4.69) is 9.88 Å². The lowest BCUT2D eigenvalue weighted by Crippen LogP contribution is -2.46. The first kappa shape index (κ1) is 21.6. The van der Waals surface area contributed by atoms with Crippen molar-refractivity contribution < 1.29 is 4.92 Å². The molecule has 0 atom stereocenters. The maximum absolute atomic E-state index is 12.9. The Morgan fingerprint density at radius 2 is 1.79 bits per heavy atom. The number of aromatic nitrogens is 2. The second kappa shape index (κ2) is 8.93. The molecule has 0 unspecified atom stereocenters. The molecule has 168 valence electrons. The molecule has 3 heterocycles. The van der Waals surface area contributed by atoms with Crippen LogP contribution in [0.3, 0.4) is 0 Å². The first-order chi connectivity index (χ1) is 16.0. The predicted octanol–water partition coefficient (Wildman–Crippen LogP) is 4.54. The Morgan fingerprint density at radius 1 is 1.06 bits per heavy atom. The maximum atomic E-state index is 12.9. The fourth-order valence-corrected chi connectivity index (χ4v) is 5.39. The number of hydrogen-bond acceptors (Lipinski definition) is 7. The van der Waals surface area contributed by atoms with Crippen LogP contribution >= 0.6 is 22.9 Å². The smallest absolute Gasteiger partial charge is 0.292 e. The third-order valence-electron chi connectivity index (χ3n) is 5.82. The van der Waals surface area contributed by atoms with Gasteiger partial charge in [-0.1, -0.05) is 41.9 Å². The zero-order valence-corrected chi connectivity index (χ0v) is 19.1. The number of fused-ring (bicyclic) bond motifs is 1. The molecule has 1 aliphatic heterocycles. The van der Waals surface area contributed by atoms with Gasteiger partial charge >= 0.3 is 0 Å². The second-order valence-electron chi connectivity index (χ2n) is 7.83. The van der Waals surface area contributed by atoms with Crippen LogP contribution in [0.5, 0.6) is 0 Å². The summed E-state index contributed by atoms with van der Waals surface area (Å²) in [4.78, 5) is 36.5. The molecule has 33 heavy (non-hydrogen) atoms. The molecule has 1 aliphatic rings. The summed E-state index contributed by atoms with van der Waals surface area (Å²) in [6.45, 7) is 3.25. The summed E-state index contributed by atoms with van der Waals surface area (Å²) in [6.07, 6.45) is 0. The van der Waals surface area contributed by atoms with Crippen LogP contribution in [-0.2, 0) is 6.54 Å². The number of anilines is 1. The van der Waals surface area contributed by atoms with E-state index in [0.29, 0.717) is 59.5 Å². The highest BCUT2D eigenvalue weighted by Crippen LogP contribution is 2.35. The zero-order valence-electron chi connectivity index (χ0n) is 17.5. The highest BCUT2D eigenvalue weighted by Gasteiger charge is 2.24. The molecule has 0 bridgehead atoms. The van der Waals surface area contributed by atoms with Crippen LogP contribution in [0.2, 0.25) is 5.02 Å². The molecule has 1 N–H and O–H groups in total. The molecule has 2 aromatic heterocycles. The van der Waals surface area contributed by atoms with Crippen molar-refractivity contribution in [1.82, 2.24) is 14.9 Å². The average Bonchev–Trinajstić information content (AvgIpc) is 3.24. The normalized spacial score (nSPS) is 14.6. The number of piperazine rings is 1. The van der Waals surface area contributed by atoms with Crippen LogP contribution in [0.4, 0.5) is 11.4 Å². The Balaban J connectivity index is 1.33. The van der Waals surface area contributed by atoms with Gasteiger partial charge in [0.2, 0.25) is 0 Å². The number of nitrogens with one attached hydrogen (secondary N) is 1. The van der Waals surface area contributed by atoms with E-state index in [1.54, 1.807) is 18.2 Å². The van der Waals surface area contributed by atoms with Crippen molar-refractivity contribution in [3.63, 3.8) is 0 Å². The molecule has 10 heteroatoms. The highest BCUT2D eigenvalue weighted by molar-refractivity contribution is 7.17. The van der Waals surface area contributed by atoms with Crippen molar-refractivity contribution in [2.24, 2.45) is 0 Å². The molecule has 0 radical (unpaired) electrons. The monoisotopic (exact) mass is 481 g/mol. The van der Waals surface area contributed by atoms with E-state index in [9.17, 15) is 14.9 Å². The Kier molecular flexibility index (Phi) is 5.84. The Hall–Kier alpha value is -3.27. The largest absolute Gasteiger partial charge is 0.363 e. The number of nitro groups is 1. The summed E-state index contributed by atoms with van der Waals surface area (Å²) in [5, 5.41) is 14.4. The van der Waals surface area contributed by atoms with Gasteiger partial charge in [-0.3, -0.25) is 19.8 Å². The van der Waals surface area contributed by atoms with Gasteiger partial charge in [-0.2, -0.15) is 0 Å². The van der Waals surface area contributed by atoms with Gasteiger partial charge in [0.25, 0.3) is 11.2 Å². The molecule has 0 spiro atoms. The number of aromatic amines is 1. The van der Waals surface area contributed by atoms with Crippen LogP contribution < -0.4 is 10.5 Å². The quantitative estimate of drug-likeness (QED) is 0.332. The van der Waals surface area contributed by atoms with Crippen molar-refractivity contribution >= 4 is 44.5 Å². The summed E-state index contributed by atoms with van der Waals surface area (Å²) in [5.41, 5.74) is 2.19. The summed E-state index contributed by atoms with van der Waals surface area (Å²) in [7, 11) is 0. The number of H-pyrrole nitrogens is 1. The number of nitrogens with zero attached hydrogens (tertiary/aromatic N) is 4. The fourth-order valence-electron chi connectivity index (χ4n) is 4.19. The minimum absolute atomic E-state index is 0.120. The van der Waals surface area contributed by atoms with Crippen molar-refractivity contribution in [3.8, 4) is 11.1 Å². The molecule has 2 aromatic carbocycles. The van der Waals surface area contributed by atoms with E-state index in [-0.39, 0.29) is 16.2 Å². The summed E-state index contributed by atoms with van der Waals surface area (Å²) >= 11 is 7.77. The Bertz CT molecular complexity index is 1390. The van der Waals surface area contributed by atoms with E-state index in [1.165, 1.54) is 17.4 Å². The van der Waals surface area contributed by atoms with Gasteiger partial charge in [0.1, 0.15) is 16.3 Å². The van der Waals surface area contributed by atoms with Crippen LogP contribution in [0, 0.1) is 10.1 Å². The first-order valence-corrected chi connectivity index (χ1v) is 11.7. The Morgan fingerprint density at radius 3 is 2.55 bits per heavy atom. The van der Waals surface area contributed by atoms with Crippen LogP contribution in [0.25, 0.3) is 21.3 Å². The lowest BCUT2D eigenvalue weighted by Gasteiger charge is -2.35. The zero-order chi connectivity index (χ0) is 22.9. The van der Waals surface area contributed by atoms with Gasteiger partial charge in [-0.15, -0.1) is 11.3 Å². The fraction of sp³-hybridized carbons (Fsp3) is 0.217. The van der Waals surface area contributed by atoms with Crippen LogP contribution in [0.15, 0.2) is 58.7 Å². The minimum Gasteiger partial charge on any atom is -0.363 e. The number of rotatable bonds is 5. The summed E-state index contributed by atoms with van der Waals surface area (Å²) in [5.74, 6) is 0.610. The number of hydrogen-bond donors (Lipinski definition) is 1. The lowest BCUT2D eigenvalue weighted by molar-refractivity contribution is -0.384. The minimum atomic E-state index is -0.344. The van der Waals surface area contributed by atoms with Gasteiger partial charge in [-0.25, -0.2) is 4.98 Å². The molecule has 1 saturated heterocycles. The molecule has 5 rings (SSSR count). The molecule has 1 fully saturated rings. The molecule has 8 nitrogen and oxygen atoms in total. The van der Waals surface area contributed by atoms with Crippen molar-refractivity contribution in [3.05, 3.63) is 85.2 Å². The molecule has 0 aliphatic carbocycles. The van der Waals surface area contributed by atoms with Gasteiger partial charge < -0.3 is 9.88 Å².